The number of aromatic nitrogens is 2. The third-order valence-corrected chi connectivity index (χ3v) is 4.69. The van der Waals surface area contributed by atoms with E-state index >= 15 is 0 Å². The Kier molecular flexibility index (Phi) is 4.65. The van der Waals surface area contributed by atoms with Crippen LogP contribution < -0.4 is 4.83 Å². The number of hydrogen-bond donors (Lipinski definition) is 1. The average Bonchev–Trinajstić information content (AvgIpc) is 2.79. The zero-order valence-electron chi connectivity index (χ0n) is 13.2. The highest BCUT2D eigenvalue weighted by atomic mass is 32.2. The Labute approximate surface area is 130 Å². The Morgan fingerprint density at radius 1 is 1.32 bits per heavy atom. The second kappa shape index (κ2) is 6.31. The van der Waals surface area contributed by atoms with Gasteiger partial charge in [0.1, 0.15) is 0 Å². The van der Waals surface area contributed by atoms with Crippen LogP contribution in [0.4, 0.5) is 0 Å². The van der Waals surface area contributed by atoms with Gasteiger partial charge < -0.3 is 0 Å². The molecule has 1 aromatic heterocycles. The number of benzene rings is 1. The normalized spacial score (nSPS) is 12.0. The van der Waals surface area contributed by atoms with Crippen LogP contribution in [-0.4, -0.2) is 24.4 Å². The van der Waals surface area contributed by atoms with Crippen LogP contribution in [0.2, 0.25) is 0 Å². The summed E-state index contributed by atoms with van der Waals surface area (Å²) in [5, 5.41) is 8.12. The van der Waals surface area contributed by atoms with Gasteiger partial charge >= 0.3 is 0 Å². The van der Waals surface area contributed by atoms with E-state index in [9.17, 15) is 8.42 Å². The number of nitrogens with one attached hydrogen (secondary N) is 1. The van der Waals surface area contributed by atoms with Crippen molar-refractivity contribution >= 4 is 16.2 Å². The van der Waals surface area contributed by atoms with Crippen LogP contribution in [0.5, 0.6) is 0 Å². The molecule has 0 unspecified atom stereocenters. The van der Waals surface area contributed by atoms with Crippen LogP contribution in [0.15, 0.2) is 34.4 Å². The van der Waals surface area contributed by atoms with Crippen molar-refractivity contribution in [1.29, 1.82) is 0 Å². The summed E-state index contributed by atoms with van der Waals surface area (Å²) in [7, 11) is -3.66. The molecule has 1 N–H and O–H groups in total. The molecule has 0 aliphatic rings. The summed E-state index contributed by atoms with van der Waals surface area (Å²) in [6, 6.07) is 5.18. The number of hydrazone groups is 1. The minimum absolute atomic E-state index is 0.233. The molecule has 22 heavy (non-hydrogen) atoms. The van der Waals surface area contributed by atoms with E-state index in [0.29, 0.717) is 5.56 Å². The summed E-state index contributed by atoms with van der Waals surface area (Å²) in [5.74, 6) is 0. The van der Waals surface area contributed by atoms with Gasteiger partial charge in [0.25, 0.3) is 10.0 Å². The predicted octanol–water partition coefficient (Wildman–Crippen LogP) is 2.14. The Bertz CT molecular complexity index is 807. The van der Waals surface area contributed by atoms with Crippen molar-refractivity contribution in [1.82, 2.24) is 14.6 Å². The first-order chi connectivity index (χ1) is 10.3. The first kappa shape index (κ1) is 16.2. The molecular weight excluding hydrogens is 300 g/mol. The molecule has 0 radical (unpaired) electrons. The van der Waals surface area contributed by atoms with Crippen molar-refractivity contribution in [3.05, 3.63) is 46.8 Å². The van der Waals surface area contributed by atoms with Crippen LogP contribution in [0.1, 0.15) is 29.3 Å². The molecule has 1 heterocycles. The second-order valence-corrected chi connectivity index (χ2v) is 6.78. The molecule has 0 bridgehead atoms. The highest BCUT2D eigenvalue weighted by Gasteiger charge is 2.15. The first-order valence-corrected chi connectivity index (χ1v) is 8.48. The molecule has 118 valence electrons. The van der Waals surface area contributed by atoms with Crippen LogP contribution in [0.25, 0.3) is 0 Å². The van der Waals surface area contributed by atoms with Crippen molar-refractivity contribution in [2.45, 2.75) is 39.1 Å². The van der Waals surface area contributed by atoms with Crippen LogP contribution in [0, 0.1) is 20.8 Å². The van der Waals surface area contributed by atoms with Gasteiger partial charge in [-0.15, -0.1) is 0 Å². The van der Waals surface area contributed by atoms with Crippen LogP contribution in [-0.2, 0) is 16.6 Å². The Hall–Kier alpha value is -2.15. The van der Waals surface area contributed by atoms with Crippen molar-refractivity contribution < 1.29 is 8.42 Å². The SMILES string of the molecule is CCn1cc(/C=N/NS(=O)(=O)c2ccc(C)cc2C)c(C)n1. The fraction of sp³-hybridized carbons (Fsp3) is 0.333. The predicted molar refractivity (Wildman–Crippen MR) is 86.5 cm³/mol. The molecule has 0 aliphatic carbocycles. The van der Waals surface area contributed by atoms with E-state index < -0.39 is 10.0 Å². The van der Waals surface area contributed by atoms with E-state index in [1.54, 1.807) is 23.7 Å². The molecule has 0 amide bonds. The molecule has 0 atom stereocenters. The summed E-state index contributed by atoms with van der Waals surface area (Å²) >= 11 is 0. The monoisotopic (exact) mass is 320 g/mol. The number of nitrogens with zero attached hydrogens (tertiary/aromatic N) is 3. The van der Waals surface area contributed by atoms with E-state index in [2.05, 4.69) is 15.0 Å². The number of aryl methyl sites for hydroxylation is 4. The average molecular weight is 320 g/mol. The van der Waals surface area contributed by atoms with E-state index in [0.717, 1.165) is 23.4 Å². The zero-order valence-corrected chi connectivity index (χ0v) is 14.0. The molecule has 1 aromatic carbocycles. The Morgan fingerprint density at radius 2 is 2.05 bits per heavy atom. The van der Waals surface area contributed by atoms with E-state index in [-0.39, 0.29) is 4.90 Å². The van der Waals surface area contributed by atoms with Crippen LogP contribution in [0.3, 0.4) is 0 Å². The van der Waals surface area contributed by atoms with Gasteiger partial charge in [0.15, 0.2) is 0 Å². The minimum atomic E-state index is -3.66. The summed E-state index contributed by atoms with van der Waals surface area (Å²) < 4.78 is 26.3. The summed E-state index contributed by atoms with van der Waals surface area (Å²) in [4.78, 5) is 2.48. The van der Waals surface area contributed by atoms with E-state index in [4.69, 9.17) is 0 Å². The topological polar surface area (TPSA) is 76.3 Å². The van der Waals surface area contributed by atoms with Crippen LogP contribution >= 0.6 is 0 Å². The van der Waals surface area contributed by atoms with Gasteiger partial charge in [-0.25, -0.2) is 4.83 Å². The van der Waals surface area contributed by atoms with Gasteiger partial charge in [0, 0.05) is 18.3 Å². The third kappa shape index (κ3) is 3.54. The smallest absolute Gasteiger partial charge is 0.272 e. The highest BCUT2D eigenvalue weighted by molar-refractivity contribution is 7.89. The lowest BCUT2D eigenvalue weighted by molar-refractivity contribution is 0.584. The number of hydrogen-bond acceptors (Lipinski definition) is 4. The third-order valence-electron chi connectivity index (χ3n) is 3.30. The van der Waals surface area contributed by atoms with E-state index in [1.165, 1.54) is 6.21 Å². The molecule has 0 spiro atoms. The van der Waals surface area contributed by atoms with Gasteiger partial charge in [0.05, 0.1) is 16.8 Å². The maximum absolute atomic E-state index is 12.3. The van der Waals surface area contributed by atoms with Crippen molar-refractivity contribution in [2.24, 2.45) is 5.10 Å². The maximum atomic E-state index is 12.3. The fourth-order valence-corrected chi connectivity index (χ4v) is 3.16. The molecule has 6 nitrogen and oxygen atoms in total. The first-order valence-electron chi connectivity index (χ1n) is 6.99. The second-order valence-electron chi connectivity index (χ2n) is 5.15. The summed E-state index contributed by atoms with van der Waals surface area (Å²) in [6.07, 6.45) is 3.29. The molecule has 7 heteroatoms. The lowest BCUT2D eigenvalue weighted by atomic mass is 10.2. The summed E-state index contributed by atoms with van der Waals surface area (Å²) in [6.45, 7) is 8.27. The maximum Gasteiger partial charge on any atom is 0.276 e. The fourth-order valence-electron chi connectivity index (χ4n) is 2.14. The Balaban J connectivity index is 2.18. The van der Waals surface area contributed by atoms with E-state index in [1.807, 2.05) is 33.0 Å². The number of sulfonamides is 1. The standard InChI is InChI=1S/C15H20N4O2S/c1-5-19-10-14(13(4)17-19)9-16-18-22(20,21)15-7-6-11(2)8-12(15)3/h6-10,18H,5H2,1-4H3/b16-9+. The zero-order chi connectivity index (χ0) is 16.3. The van der Waals surface area contributed by atoms with Crippen molar-refractivity contribution in [3.63, 3.8) is 0 Å². The quantitative estimate of drug-likeness (QED) is 0.677. The molecular formula is C15H20N4O2S. The molecule has 0 saturated carbocycles. The Morgan fingerprint density at radius 3 is 2.64 bits per heavy atom. The molecule has 0 aliphatic heterocycles. The van der Waals surface area contributed by atoms with Gasteiger partial charge in [-0.2, -0.15) is 18.6 Å². The minimum Gasteiger partial charge on any atom is -0.272 e. The lowest BCUT2D eigenvalue weighted by Gasteiger charge is -2.07. The summed E-state index contributed by atoms with van der Waals surface area (Å²) in [5.41, 5.74) is 3.29. The lowest BCUT2D eigenvalue weighted by Crippen LogP contribution is -2.19. The largest absolute Gasteiger partial charge is 0.276 e. The number of rotatable bonds is 5. The van der Waals surface area contributed by atoms with Gasteiger partial charge in [-0.3, -0.25) is 4.68 Å². The molecule has 0 saturated heterocycles. The van der Waals surface area contributed by atoms with Gasteiger partial charge in [-0.1, -0.05) is 17.7 Å². The van der Waals surface area contributed by atoms with Gasteiger partial charge in [0.2, 0.25) is 0 Å². The molecule has 2 rings (SSSR count). The van der Waals surface area contributed by atoms with Crippen molar-refractivity contribution in [2.75, 3.05) is 0 Å². The highest BCUT2D eigenvalue weighted by Crippen LogP contribution is 2.16. The molecule has 0 fully saturated rings. The van der Waals surface area contributed by atoms with Gasteiger partial charge in [-0.05, 0) is 39.3 Å². The van der Waals surface area contributed by atoms with Crippen molar-refractivity contribution in [3.8, 4) is 0 Å². The molecule has 2 aromatic rings.